The highest BCUT2D eigenvalue weighted by Crippen LogP contribution is 2.23. The highest BCUT2D eigenvalue weighted by atomic mass is 32.2. The monoisotopic (exact) mass is 304 g/mol. The lowest BCUT2D eigenvalue weighted by Gasteiger charge is -2.07. The van der Waals surface area contributed by atoms with Gasteiger partial charge in [-0.25, -0.2) is 4.39 Å². The Hall–Kier alpha value is -2.01. The first-order valence-electron chi connectivity index (χ1n) is 6.65. The van der Waals surface area contributed by atoms with Crippen molar-refractivity contribution in [3.63, 3.8) is 0 Å². The Morgan fingerprint density at radius 3 is 2.57 bits per heavy atom. The van der Waals surface area contributed by atoms with E-state index in [2.05, 4.69) is 12.2 Å². The highest BCUT2D eigenvalue weighted by Gasteiger charge is 2.07. The number of carbonyl (C=O) groups is 1. The Balaban J connectivity index is 1.89. The SMILES string of the molecule is CCc1ccc(NC(=O)CSc2ccc(N)cc2F)cc1. The summed E-state index contributed by atoms with van der Waals surface area (Å²) in [4.78, 5) is 12.3. The van der Waals surface area contributed by atoms with E-state index in [4.69, 9.17) is 5.73 Å². The fraction of sp³-hybridized carbons (Fsp3) is 0.188. The van der Waals surface area contributed by atoms with E-state index in [1.165, 1.54) is 11.6 Å². The number of carbonyl (C=O) groups excluding carboxylic acids is 1. The number of benzene rings is 2. The van der Waals surface area contributed by atoms with Gasteiger partial charge < -0.3 is 11.1 Å². The van der Waals surface area contributed by atoms with Crippen molar-refractivity contribution in [1.29, 1.82) is 0 Å². The minimum absolute atomic E-state index is 0.149. The zero-order chi connectivity index (χ0) is 15.2. The maximum absolute atomic E-state index is 13.6. The van der Waals surface area contributed by atoms with Gasteiger partial charge >= 0.3 is 0 Å². The second-order valence-corrected chi connectivity index (χ2v) is 5.59. The van der Waals surface area contributed by atoms with Crippen molar-refractivity contribution in [3.8, 4) is 0 Å². The molecule has 0 saturated heterocycles. The number of anilines is 2. The van der Waals surface area contributed by atoms with Gasteiger partial charge in [-0.15, -0.1) is 11.8 Å². The molecule has 21 heavy (non-hydrogen) atoms. The van der Waals surface area contributed by atoms with Crippen LogP contribution in [0.5, 0.6) is 0 Å². The topological polar surface area (TPSA) is 55.1 Å². The molecule has 2 aromatic rings. The summed E-state index contributed by atoms with van der Waals surface area (Å²) >= 11 is 1.15. The first-order valence-corrected chi connectivity index (χ1v) is 7.63. The van der Waals surface area contributed by atoms with Gasteiger partial charge in [-0.1, -0.05) is 19.1 Å². The quantitative estimate of drug-likeness (QED) is 0.654. The Morgan fingerprint density at radius 2 is 1.95 bits per heavy atom. The van der Waals surface area contributed by atoms with Crippen LogP contribution in [0, 0.1) is 5.82 Å². The van der Waals surface area contributed by atoms with Crippen molar-refractivity contribution in [1.82, 2.24) is 0 Å². The summed E-state index contributed by atoms with van der Waals surface area (Å²) < 4.78 is 13.6. The van der Waals surface area contributed by atoms with E-state index in [0.29, 0.717) is 10.6 Å². The second kappa shape index (κ2) is 7.13. The molecule has 0 radical (unpaired) electrons. The Labute approximate surface area is 127 Å². The zero-order valence-corrected chi connectivity index (χ0v) is 12.5. The van der Waals surface area contributed by atoms with Crippen LogP contribution in [0.1, 0.15) is 12.5 Å². The Kier molecular flexibility index (Phi) is 5.22. The molecule has 0 unspecified atom stereocenters. The van der Waals surface area contributed by atoms with E-state index in [0.717, 1.165) is 23.9 Å². The number of thioether (sulfide) groups is 1. The molecular formula is C16H17FN2OS. The van der Waals surface area contributed by atoms with Gasteiger partial charge in [0.15, 0.2) is 0 Å². The third-order valence-electron chi connectivity index (χ3n) is 2.96. The van der Waals surface area contributed by atoms with Gasteiger partial charge in [-0.2, -0.15) is 0 Å². The van der Waals surface area contributed by atoms with Gasteiger partial charge in [0.05, 0.1) is 5.75 Å². The normalized spacial score (nSPS) is 10.4. The predicted molar refractivity (Wildman–Crippen MR) is 86.0 cm³/mol. The van der Waals surface area contributed by atoms with Crippen molar-refractivity contribution in [3.05, 3.63) is 53.8 Å². The first kappa shape index (κ1) is 15.4. The number of halogens is 1. The Bertz CT molecular complexity index is 629. The lowest BCUT2D eigenvalue weighted by molar-refractivity contribution is -0.113. The molecule has 0 aliphatic rings. The van der Waals surface area contributed by atoms with E-state index in [9.17, 15) is 9.18 Å². The van der Waals surface area contributed by atoms with Gasteiger partial charge in [-0.3, -0.25) is 4.79 Å². The van der Waals surface area contributed by atoms with Crippen molar-refractivity contribution < 1.29 is 9.18 Å². The molecule has 0 aliphatic heterocycles. The number of hydrogen-bond acceptors (Lipinski definition) is 3. The molecule has 1 amide bonds. The van der Waals surface area contributed by atoms with Gasteiger partial charge in [0.2, 0.25) is 5.91 Å². The summed E-state index contributed by atoms with van der Waals surface area (Å²) in [6, 6.07) is 12.1. The fourth-order valence-electron chi connectivity index (χ4n) is 1.80. The van der Waals surface area contributed by atoms with Crippen molar-refractivity contribution in [2.24, 2.45) is 0 Å². The number of aryl methyl sites for hydroxylation is 1. The van der Waals surface area contributed by atoms with Crippen LogP contribution in [0.2, 0.25) is 0 Å². The molecule has 0 saturated carbocycles. The standard InChI is InChI=1S/C16H17FN2OS/c1-2-11-3-6-13(7-4-11)19-16(20)10-21-15-8-5-12(18)9-14(15)17/h3-9H,2,10,18H2,1H3,(H,19,20). The van der Waals surface area contributed by atoms with Crippen LogP contribution in [-0.2, 0) is 11.2 Å². The predicted octanol–water partition coefficient (Wildman–Crippen LogP) is 3.70. The molecule has 0 aliphatic carbocycles. The summed E-state index contributed by atoms with van der Waals surface area (Å²) in [6.45, 7) is 2.07. The lowest BCUT2D eigenvalue weighted by atomic mass is 10.1. The minimum atomic E-state index is -0.403. The second-order valence-electron chi connectivity index (χ2n) is 4.58. The number of nitrogens with two attached hydrogens (primary N) is 1. The summed E-state index contributed by atoms with van der Waals surface area (Å²) in [5, 5.41) is 2.79. The van der Waals surface area contributed by atoms with Crippen molar-refractivity contribution in [2.75, 3.05) is 16.8 Å². The smallest absolute Gasteiger partial charge is 0.234 e. The number of nitrogen functional groups attached to an aromatic ring is 1. The van der Waals surface area contributed by atoms with Gasteiger partial charge in [0, 0.05) is 16.3 Å². The average molecular weight is 304 g/mol. The average Bonchev–Trinajstić information content (AvgIpc) is 2.47. The van der Waals surface area contributed by atoms with Crippen LogP contribution < -0.4 is 11.1 Å². The molecule has 3 N–H and O–H groups in total. The summed E-state index contributed by atoms with van der Waals surface area (Å²) in [5.41, 5.74) is 7.81. The molecule has 110 valence electrons. The van der Waals surface area contributed by atoms with Crippen LogP contribution >= 0.6 is 11.8 Å². The first-order chi connectivity index (χ1) is 10.1. The van der Waals surface area contributed by atoms with Gasteiger partial charge in [-0.05, 0) is 42.3 Å². The van der Waals surface area contributed by atoms with Crippen LogP contribution in [0.15, 0.2) is 47.4 Å². The number of nitrogens with one attached hydrogen (secondary N) is 1. The zero-order valence-electron chi connectivity index (χ0n) is 11.7. The molecule has 0 fully saturated rings. The summed E-state index contributed by atoms with van der Waals surface area (Å²) in [7, 11) is 0. The molecule has 3 nitrogen and oxygen atoms in total. The Morgan fingerprint density at radius 1 is 1.24 bits per heavy atom. The third-order valence-corrected chi connectivity index (χ3v) is 4.01. The van der Waals surface area contributed by atoms with Crippen LogP contribution in [0.25, 0.3) is 0 Å². The van der Waals surface area contributed by atoms with Crippen LogP contribution in [0.3, 0.4) is 0 Å². The summed E-state index contributed by atoms with van der Waals surface area (Å²) in [5.74, 6) is -0.420. The van der Waals surface area contributed by atoms with Crippen molar-refractivity contribution >= 4 is 29.0 Å². The van der Waals surface area contributed by atoms with E-state index in [-0.39, 0.29) is 11.7 Å². The molecule has 5 heteroatoms. The van der Waals surface area contributed by atoms with Crippen LogP contribution in [0.4, 0.5) is 15.8 Å². The van der Waals surface area contributed by atoms with Gasteiger partial charge in [0.25, 0.3) is 0 Å². The minimum Gasteiger partial charge on any atom is -0.399 e. The van der Waals surface area contributed by atoms with E-state index >= 15 is 0 Å². The maximum Gasteiger partial charge on any atom is 0.234 e. The molecular weight excluding hydrogens is 287 g/mol. The fourth-order valence-corrected chi connectivity index (χ4v) is 2.52. The molecule has 0 aromatic heterocycles. The summed E-state index contributed by atoms with van der Waals surface area (Å²) in [6.07, 6.45) is 0.959. The molecule has 2 rings (SSSR count). The lowest BCUT2D eigenvalue weighted by Crippen LogP contribution is -2.14. The number of amides is 1. The molecule has 0 heterocycles. The van der Waals surface area contributed by atoms with E-state index < -0.39 is 5.82 Å². The van der Waals surface area contributed by atoms with Gasteiger partial charge in [0.1, 0.15) is 5.82 Å². The molecule has 2 aromatic carbocycles. The largest absolute Gasteiger partial charge is 0.399 e. The number of hydrogen-bond donors (Lipinski definition) is 2. The molecule has 0 atom stereocenters. The van der Waals surface area contributed by atoms with Crippen LogP contribution in [-0.4, -0.2) is 11.7 Å². The van der Waals surface area contributed by atoms with Crippen molar-refractivity contribution in [2.45, 2.75) is 18.2 Å². The number of rotatable bonds is 5. The third kappa shape index (κ3) is 4.49. The maximum atomic E-state index is 13.6. The molecule has 0 bridgehead atoms. The van der Waals surface area contributed by atoms with E-state index in [1.807, 2.05) is 24.3 Å². The molecule has 0 spiro atoms. The highest BCUT2D eigenvalue weighted by molar-refractivity contribution is 8.00. The van der Waals surface area contributed by atoms with E-state index in [1.54, 1.807) is 12.1 Å².